The van der Waals surface area contributed by atoms with Gasteiger partial charge in [0.05, 0.1) is 0 Å². The fraction of sp³-hybridized carbons (Fsp3) is 0.333. The highest BCUT2D eigenvalue weighted by atomic mass is 15.0. The molecule has 2 rings (SSSR count). The van der Waals surface area contributed by atoms with Crippen LogP contribution in [-0.4, -0.2) is 24.0 Å². The highest BCUT2D eigenvalue weighted by molar-refractivity contribution is 5.81. The smallest absolute Gasteiger partial charge is 0.0456 e. The van der Waals surface area contributed by atoms with Gasteiger partial charge < -0.3 is 9.88 Å². The third kappa shape index (κ3) is 1.80. The van der Waals surface area contributed by atoms with Gasteiger partial charge >= 0.3 is 0 Å². The summed E-state index contributed by atoms with van der Waals surface area (Å²) in [5.41, 5.74) is 3.81. The Kier molecular flexibility index (Phi) is 2.30. The lowest BCUT2D eigenvalue weighted by molar-refractivity contribution is 0.403. The first-order chi connectivity index (χ1) is 6.65. The molecule has 0 radical (unpaired) electrons. The van der Waals surface area contributed by atoms with Crippen LogP contribution in [0.25, 0.3) is 10.9 Å². The van der Waals surface area contributed by atoms with Crippen LogP contribution in [0.2, 0.25) is 0 Å². The van der Waals surface area contributed by atoms with Gasteiger partial charge in [-0.1, -0.05) is 6.07 Å². The van der Waals surface area contributed by atoms with Crippen molar-refractivity contribution in [3.63, 3.8) is 0 Å². The van der Waals surface area contributed by atoms with Gasteiger partial charge in [0.2, 0.25) is 0 Å². The third-order valence-electron chi connectivity index (χ3n) is 2.32. The predicted octanol–water partition coefficient (Wildman–Crippen LogP) is 2.54. The molecule has 0 aliphatic rings. The molecule has 0 atom stereocenters. The van der Waals surface area contributed by atoms with Crippen LogP contribution in [0.15, 0.2) is 24.3 Å². The maximum Gasteiger partial charge on any atom is 0.0456 e. The Hall–Kier alpha value is -1.28. The van der Waals surface area contributed by atoms with Crippen LogP contribution < -0.4 is 0 Å². The lowest BCUT2D eigenvalue weighted by Crippen LogP contribution is -2.10. The summed E-state index contributed by atoms with van der Waals surface area (Å²) in [6.45, 7) is 3.09. The number of hydrogen-bond donors (Lipinski definition) is 1. The van der Waals surface area contributed by atoms with Gasteiger partial charge in [-0.2, -0.15) is 0 Å². The third-order valence-corrected chi connectivity index (χ3v) is 2.32. The van der Waals surface area contributed by atoms with Crippen LogP contribution in [-0.2, 0) is 6.54 Å². The van der Waals surface area contributed by atoms with E-state index in [0.717, 1.165) is 6.54 Å². The van der Waals surface area contributed by atoms with E-state index in [2.05, 4.69) is 55.2 Å². The zero-order chi connectivity index (χ0) is 10.1. The van der Waals surface area contributed by atoms with E-state index in [-0.39, 0.29) is 0 Å². The Morgan fingerprint density at radius 3 is 2.71 bits per heavy atom. The molecule has 0 aliphatic heterocycles. The SMILES string of the molecule is Cc1cc2cc(CN(C)C)ccc2[nH]1. The minimum absolute atomic E-state index is 1.00. The second-order valence-corrected chi connectivity index (χ2v) is 4.11. The van der Waals surface area contributed by atoms with E-state index in [1.807, 2.05) is 0 Å². The zero-order valence-electron chi connectivity index (χ0n) is 8.96. The highest BCUT2D eigenvalue weighted by Gasteiger charge is 1.99. The average Bonchev–Trinajstić information content (AvgIpc) is 2.42. The molecule has 2 aromatic rings. The number of aryl methyl sites for hydroxylation is 1. The van der Waals surface area contributed by atoms with Crippen molar-refractivity contribution in [3.8, 4) is 0 Å². The molecule has 2 nitrogen and oxygen atoms in total. The monoisotopic (exact) mass is 188 g/mol. The molecule has 0 saturated heterocycles. The van der Waals surface area contributed by atoms with E-state index in [1.54, 1.807) is 0 Å². The van der Waals surface area contributed by atoms with Gasteiger partial charge in [-0.15, -0.1) is 0 Å². The van der Waals surface area contributed by atoms with E-state index in [9.17, 15) is 0 Å². The van der Waals surface area contributed by atoms with E-state index in [4.69, 9.17) is 0 Å². The summed E-state index contributed by atoms with van der Waals surface area (Å²) in [5, 5.41) is 1.31. The molecular formula is C12H16N2. The predicted molar refractivity (Wildman–Crippen MR) is 60.4 cm³/mol. The standard InChI is InChI=1S/C12H16N2/c1-9-6-11-7-10(8-14(2)3)4-5-12(11)13-9/h4-7,13H,8H2,1-3H3. The van der Waals surface area contributed by atoms with Gasteiger partial charge in [-0.3, -0.25) is 0 Å². The van der Waals surface area contributed by atoms with Crippen LogP contribution in [0.4, 0.5) is 0 Å². The van der Waals surface area contributed by atoms with Crippen LogP contribution in [0.1, 0.15) is 11.3 Å². The Morgan fingerprint density at radius 2 is 2.00 bits per heavy atom. The second kappa shape index (κ2) is 3.46. The van der Waals surface area contributed by atoms with Crippen molar-refractivity contribution >= 4 is 10.9 Å². The maximum atomic E-state index is 3.33. The number of nitrogens with zero attached hydrogens (tertiary/aromatic N) is 1. The number of benzene rings is 1. The van der Waals surface area contributed by atoms with Crippen molar-refractivity contribution in [2.75, 3.05) is 14.1 Å². The van der Waals surface area contributed by atoms with Crippen molar-refractivity contribution in [1.29, 1.82) is 0 Å². The molecule has 1 aromatic heterocycles. The summed E-state index contributed by atoms with van der Waals surface area (Å²) in [5.74, 6) is 0. The largest absolute Gasteiger partial charge is 0.359 e. The summed E-state index contributed by atoms with van der Waals surface area (Å²) in [6.07, 6.45) is 0. The van der Waals surface area contributed by atoms with Gasteiger partial charge in [0.15, 0.2) is 0 Å². The van der Waals surface area contributed by atoms with E-state index < -0.39 is 0 Å². The summed E-state index contributed by atoms with van der Waals surface area (Å²) >= 11 is 0. The number of fused-ring (bicyclic) bond motifs is 1. The number of nitrogens with one attached hydrogen (secondary N) is 1. The average molecular weight is 188 g/mol. The van der Waals surface area contributed by atoms with Crippen LogP contribution in [0.5, 0.6) is 0 Å². The number of rotatable bonds is 2. The molecule has 0 spiro atoms. The quantitative estimate of drug-likeness (QED) is 0.767. The van der Waals surface area contributed by atoms with Gasteiger partial charge in [0.25, 0.3) is 0 Å². The van der Waals surface area contributed by atoms with Gasteiger partial charge in [-0.25, -0.2) is 0 Å². The highest BCUT2D eigenvalue weighted by Crippen LogP contribution is 2.17. The fourth-order valence-electron chi connectivity index (χ4n) is 1.79. The van der Waals surface area contributed by atoms with E-state index in [0.29, 0.717) is 0 Å². The van der Waals surface area contributed by atoms with Crippen molar-refractivity contribution in [2.24, 2.45) is 0 Å². The molecule has 14 heavy (non-hydrogen) atoms. The summed E-state index contributed by atoms with van der Waals surface area (Å²) < 4.78 is 0. The first-order valence-corrected chi connectivity index (χ1v) is 4.88. The number of H-pyrrole nitrogens is 1. The van der Waals surface area contributed by atoms with Crippen molar-refractivity contribution in [2.45, 2.75) is 13.5 Å². The van der Waals surface area contributed by atoms with Crippen LogP contribution >= 0.6 is 0 Å². The van der Waals surface area contributed by atoms with E-state index in [1.165, 1.54) is 22.2 Å². The van der Waals surface area contributed by atoms with Crippen molar-refractivity contribution in [1.82, 2.24) is 9.88 Å². The molecule has 0 amide bonds. The summed E-state index contributed by atoms with van der Waals surface area (Å²) in [6, 6.07) is 8.77. The van der Waals surface area contributed by atoms with Gasteiger partial charge in [0.1, 0.15) is 0 Å². The minimum Gasteiger partial charge on any atom is -0.359 e. The molecule has 0 aliphatic carbocycles. The maximum absolute atomic E-state index is 3.33. The molecule has 74 valence electrons. The van der Waals surface area contributed by atoms with Crippen LogP contribution in [0.3, 0.4) is 0 Å². The molecule has 1 aromatic carbocycles. The first kappa shape index (κ1) is 9.28. The number of aromatic nitrogens is 1. The Morgan fingerprint density at radius 1 is 1.21 bits per heavy atom. The number of hydrogen-bond acceptors (Lipinski definition) is 1. The Labute approximate surface area is 84.5 Å². The first-order valence-electron chi connectivity index (χ1n) is 4.88. The van der Waals surface area contributed by atoms with Gasteiger partial charge in [-0.05, 0) is 50.2 Å². The second-order valence-electron chi connectivity index (χ2n) is 4.11. The molecule has 0 unspecified atom stereocenters. The summed E-state index contributed by atoms with van der Waals surface area (Å²) in [7, 11) is 4.18. The molecular weight excluding hydrogens is 172 g/mol. The molecule has 0 bridgehead atoms. The van der Waals surface area contributed by atoms with Crippen LogP contribution in [0, 0.1) is 6.92 Å². The normalized spacial score (nSPS) is 11.4. The van der Waals surface area contributed by atoms with Crippen molar-refractivity contribution < 1.29 is 0 Å². The molecule has 0 fully saturated rings. The number of aromatic amines is 1. The topological polar surface area (TPSA) is 19.0 Å². The lowest BCUT2D eigenvalue weighted by atomic mass is 10.1. The van der Waals surface area contributed by atoms with Gasteiger partial charge in [0, 0.05) is 17.8 Å². The molecule has 2 heteroatoms. The molecule has 1 N–H and O–H groups in total. The fourth-order valence-corrected chi connectivity index (χ4v) is 1.79. The molecule has 1 heterocycles. The minimum atomic E-state index is 1.00. The Bertz CT molecular complexity index is 441. The van der Waals surface area contributed by atoms with Crippen molar-refractivity contribution in [3.05, 3.63) is 35.5 Å². The lowest BCUT2D eigenvalue weighted by Gasteiger charge is -2.09. The zero-order valence-corrected chi connectivity index (χ0v) is 8.96. The summed E-state index contributed by atoms with van der Waals surface area (Å²) in [4.78, 5) is 5.51. The Balaban J connectivity index is 2.40. The molecule has 0 saturated carbocycles. The van der Waals surface area contributed by atoms with E-state index >= 15 is 0 Å².